The molecule has 7 heteroatoms. The molecule has 0 aromatic heterocycles. The van der Waals surface area contributed by atoms with E-state index in [0.717, 1.165) is 0 Å². The predicted octanol–water partition coefficient (Wildman–Crippen LogP) is 0.528. The van der Waals surface area contributed by atoms with E-state index in [9.17, 15) is 9.59 Å². The van der Waals surface area contributed by atoms with Gasteiger partial charge in [0.15, 0.2) is 0 Å². The molecule has 0 aliphatic heterocycles. The fourth-order valence-electron chi connectivity index (χ4n) is 1.08. The van der Waals surface area contributed by atoms with E-state index in [-0.39, 0.29) is 0 Å². The second-order valence-corrected chi connectivity index (χ2v) is 4.26. The van der Waals surface area contributed by atoms with Gasteiger partial charge in [-0.05, 0) is 25.4 Å². The van der Waals surface area contributed by atoms with E-state index in [1.54, 1.807) is 11.8 Å². The summed E-state index contributed by atoms with van der Waals surface area (Å²) in [5.41, 5.74) is 0. The van der Waals surface area contributed by atoms with Crippen LogP contribution in [0.5, 0.6) is 0 Å². The number of nitrogens with one attached hydrogen (secondary N) is 2. The molecule has 0 aromatic carbocycles. The van der Waals surface area contributed by atoms with Crippen molar-refractivity contribution in [2.75, 3.05) is 31.8 Å². The molecule has 0 fully saturated rings. The van der Waals surface area contributed by atoms with Gasteiger partial charge in [0.05, 0.1) is 6.61 Å². The van der Waals surface area contributed by atoms with Crippen molar-refractivity contribution < 1.29 is 19.4 Å². The third kappa shape index (κ3) is 8.82. The first kappa shape index (κ1) is 16.1. The number of hydrogen-bond acceptors (Lipinski definition) is 4. The minimum Gasteiger partial charge on any atom is -0.480 e. The van der Waals surface area contributed by atoms with Crippen LogP contribution < -0.4 is 10.6 Å². The van der Waals surface area contributed by atoms with Crippen molar-refractivity contribution in [3.63, 3.8) is 0 Å². The van der Waals surface area contributed by atoms with Crippen LogP contribution in [0.1, 0.15) is 13.3 Å². The van der Waals surface area contributed by atoms with Crippen LogP contribution in [-0.2, 0) is 9.53 Å². The van der Waals surface area contributed by atoms with Crippen LogP contribution in [-0.4, -0.2) is 54.9 Å². The smallest absolute Gasteiger partial charge is 0.326 e. The van der Waals surface area contributed by atoms with Gasteiger partial charge in [0.1, 0.15) is 6.04 Å². The molecule has 17 heavy (non-hydrogen) atoms. The molecule has 3 N–H and O–H groups in total. The van der Waals surface area contributed by atoms with Crippen molar-refractivity contribution in [3.05, 3.63) is 0 Å². The van der Waals surface area contributed by atoms with Crippen molar-refractivity contribution >= 4 is 23.8 Å². The zero-order chi connectivity index (χ0) is 13.1. The summed E-state index contributed by atoms with van der Waals surface area (Å²) in [4.78, 5) is 22.2. The number of amides is 2. The van der Waals surface area contributed by atoms with Gasteiger partial charge in [-0.15, -0.1) is 0 Å². The Balaban J connectivity index is 3.83. The Morgan fingerprint density at radius 1 is 1.47 bits per heavy atom. The maximum atomic E-state index is 11.3. The lowest BCUT2D eigenvalue weighted by atomic mass is 10.2. The number of carboxylic acid groups (broad SMARTS) is 1. The maximum Gasteiger partial charge on any atom is 0.326 e. The van der Waals surface area contributed by atoms with Gasteiger partial charge in [0, 0.05) is 13.2 Å². The highest BCUT2D eigenvalue weighted by Crippen LogP contribution is 2.00. The summed E-state index contributed by atoms with van der Waals surface area (Å²) in [5, 5.41) is 13.8. The number of carboxylic acids is 1. The standard InChI is InChI=1S/C10H20N2O4S/c1-3-16-6-5-11-10(15)12-8(9(13)14)4-7-17-2/h8H,3-7H2,1-2H3,(H,13,14)(H2,11,12,15)/t8-/m1/s1. The molecule has 0 aliphatic carbocycles. The fraction of sp³-hybridized carbons (Fsp3) is 0.800. The lowest BCUT2D eigenvalue weighted by Crippen LogP contribution is -2.47. The average Bonchev–Trinajstić information content (AvgIpc) is 2.29. The van der Waals surface area contributed by atoms with Crippen molar-refractivity contribution in [3.8, 4) is 0 Å². The number of thioether (sulfide) groups is 1. The molecule has 6 nitrogen and oxygen atoms in total. The zero-order valence-corrected chi connectivity index (χ0v) is 11.0. The second-order valence-electron chi connectivity index (χ2n) is 3.27. The first-order chi connectivity index (χ1) is 8.11. The Bertz CT molecular complexity index is 238. The first-order valence-corrected chi connectivity index (χ1v) is 6.85. The molecule has 2 amide bonds. The molecule has 0 heterocycles. The summed E-state index contributed by atoms with van der Waals surface area (Å²) >= 11 is 1.54. The normalized spacial score (nSPS) is 11.9. The van der Waals surface area contributed by atoms with Crippen molar-refractivity contribution in [2.24, 2.45) is 0 Å². The fourth-order valence-corrected chi connectivity index (χ4v) is 1.55. The molecule has 0 radical (unpaired) electrons. The lowest BCUT2D eigenvalue weighted by molar-refractivity contribution is -0.139. The van der Waals surface area contributed by atoms with Gasteiger partial charge in [0.25, 0.3) is 0 Å². The number of rotatable bonds is 9. The van der Waals surface area contributed by atoms with Crippen LogP contribution in [0.3, 0.4) is 0 Å². The highest BCUT2D eigenvalue weighted by molar-refractivity contribution is 7.98. The average molecular weight is 264 g/mol. The van der Waals surface area contributed by atoms with Crippen LogP contribution in [0.2, 0.25) is 0 Å². The highest BCUT2D eigenvalue weighted by atomic mass is 32.2. The summed E-state index contributed by atoms with van der Waals surface area (Å²) in [5.74, 6) is -0.324. The van der Waals surface area contributed by atoms with Crippen LogP contribution in [0, 0.1) is 0 Å². The molecule has 0 spiro atoms. The van der Waals surface area contributed by atoms with E-state index in [4.69, 9.17) is 9.84 Å². The Morgan fingerprint density at radius 2 is 2.18 bits per heavy atom. The van der Waals surface area contributed by atoms with E-state index in [1.807, 2.05) is 13.2 Å². The molecular weight excluding hydrogens is 244 g/mol. The van der Waals surface area contributed by atoms with Gasteiger partial charge in [-0.2, -0.15) is 11.8 Å². The van der Waals surface area contributed by atoms with Crippen LogP contribution >= 0.6 is 11.8 Å². The Kier molecular flexibility index (Phi) is 9.65. The summed E-state index contributed by atoms with van der Waals surface area (Å²) in [7, 11) is 0. The molecule has 0 rings (SSSR count). The number of carbonyl (C=O) groups excluding carboxylic acids is 1. The monoisotopic (exact) mass is 264 g/mol. The van der Waals surface area contributed by atoms with Crippen LogP contribution in [0.4, 0.5) is 4.79 Å². The second kappa shape index (κ2) is 10.2. The lowest BCUT2D eigenvalue weighted by Gasteiger charge is -2.14. The van der Waals surface area contributed by atoms with E-state index in [1.165, 1.54) is 0 Å². The summed E-state index contributed by atoms with van der Waals surface area (Å²) in [6, 6.07) is -1.31. The SMILES string of the molecule is CCOCCNC(=O)N[C@H](CCSC)C(=O)O. The molecule has 0 bridgehead atoms. The number of hydrogen-bond donors (Lipinski definition) is 3. The van der Waals surface area contributed by atoms with Crippen molar-refractivity contribution in [2.45, 2.75) is 19.4 Å². The Hall–Kier alpha value is -0.950. The minimum absolute atomic E-state index is 0.370. The maximum absolute atomic E-state index is 11.3. The number of ether oxygens (including phenoxy) is 1. The van der Waals surface area contributed by atoms with Gasteiger partial charge in [-0.25, -0.2) is 9.59 Å². The van der Waals surface area contributed by atoms with Crippen LogP contribution in [0.25, 0.3) is 0 Å². The molecule has 100 valence electrons. The predicted molar refractivity (Wildman–Crippen MR) is 67.5 cm³/mol. The molecule has 1 atom stereocenters. The minimum atomic E-state index is -1.01. The van der Waals surface area contributed by atoms with E-state index < -0.39 is 18.0 Å². The third-order valence-corrected chi connectivity index (χ3v) is 2.59. The van der Waals surface area contributed by atoms with E-state index >= 15 is 0 Å². The largest absolute Gasteiger partial charge is 0.480 e. The molecule has 0 aliphatic rings. The Labute approximate surface area is 105 Å². The van der Waals surface area contributed by atoms with Crippen LogP contribution in [0.15, 0.2) is 0 Å². The first-order valence-electron chi connectivity index (χ1n) is 5.45. The third-order valence-electron chi connectivity index (χ3n) is 1.95. The molecule has 0 aromatic rings. The quantitative estimate of drug-likeness (QED) is 0.529. The summed E-state index contributed by atoms with van der Waals surface area (Å²) in [6.45, 7) is 3.25. The Morgan fingerprint density at radius 3 is 2.71 bits per heavy atom. The number of carbonyl (C=O) groups is 2. The van der Waals surface area contributed by atoms with Gasteiger partial charge >= 0.3 is 12.0 Å². The summed E-state index contributed by atoms with van der Waals surface area (Å²) < 4.78 is 5.04. The highest BCUT2D eigenvalue weighted by Gasteiger charge is 2.18. The molecule has 0 saturated carbocycles. The van der Waals surface area contributed by atoms with E-state index in [0.29, 0.717) is 31.9 Å². The van der Waals surface area contributed by atoms with Crippen molar-refractivity contribution in [1.29, 1.82) is 0 Å². The van der Waals surface area contributed by atoms with E-state index in [2.05, 4.69) is 10.6 Å². The number of aliphatic carboxylic acids is 1. The topological polar surface area (TPSA) is 87.7 Å². The van der Waals surface area contributed by atoms with Gasteiger partial charge < -0.3 is 20.5 Å². The molecule has 0 unspecified atom stereocenters. The zero-order valence-electron chi connectivity index (χ0n) is 10.2. The molecule has 0 saturated heterocycles. The van der Waals surface area contributed by atoms with Gasteiger partial charge in [0.2, 0.25) is 0 Å². The van der Waals surface area contributed by atoms with Gasteiger partial charge in [-0.1, -0.05) is 0 Å². The summed E-state index contributed by atoms with van der Waals surface area (Å²) in [6.07, 6.45) is 2.30. The molecular formula is C10H20N2O4S. The van der Waals surface area contributed by atoms with Gasteiger partial charge in [-0.3, -0.25) is 0 Å². The van der Waals surface area contributed by atoms with Crippen molar-refractivity contribution in [1.82, 2.24) is 10.6 Å². The number of urea groups is 1.